The second-order valence-corrected chi connectivity index (χ2v) is 6.24. The van der Waals surface area contributed by atoms with Gasteiger partial charge in [0.25, 0.3) is 0 Å². The van der Waals surface area contributed by atoms with Crippen LogP contribution in [-0.2, 0) is 5.60 Å². The minimum Gasteiger partial charge on any atom is -0.384 e. The second-order valence-electron chi connectivity index (χ2n) is 4.79. The van der Waals surface area contributed by atoms with Crippen LogP contribution < -0.4 is 0 Å². The number of rotatable bonds is 1. The van der Waals surface area contributed by atoms with Gasteiger partial charge in [-0.15, -0.1) is 0 Å². The van der Waals surface area contributed by atoms with Crippen molar-refractivity contribution in [1.82, 2.24) is 0 Å². The number of benzene rings is 1. The van der Waals surface area contributed by atoms with Crippen molar-refractivity contribution in [3.8, 4) is 0 Å². The highest BCUT2D eigenvalue weighted by atomic mass is 32.2. The van der Waals surface area contributed by atoms with Crippen LogP contribution in [0.5, 0.6) is 0 Å². The number of hydrogen-bond donors (Lipinski definition) is 1. The highest BCUT2D eigenvalue weighted by Crippen LogP contribution is 2.42. The van der Waals surface area contributed by atoms with Crippen molar-refractivity contribution in [3.63, 3.8) is 0 Å². The molecule has 0 aromatic heterocycles. The van der Waals surface area contributed by atoms with Crippen molar-refractivity contribution in [2.75, 3.05) is 5.75 Å². The molecule has 2 unspecified atom stereocenters. The van der Waals surface area contributed by atoms with E-state index in [1.165, 1.54) is 16.9 Å². The van der Waals surface area contributed by atoms with E-state index in [4.69, 9.17) is 0 Å². The Labute approximate surface area is 102 Å². The third-order valence-corrected chi connectivity index (χ3v) is 5.23. The summed E-state index contributed by atoms with van der Waals surface area (Å²) in [4.78, 5) is 0. The molecule has 0 bridgehead atoms. The molecule has 1 heterocycles. The zero-order valence-corrected chi connectivity index (χ0v) is 11.1. The summed E-state index contributed by atoms with van der Waals surface area (Å²) in [5, 5.41) is 11.2. The maximum absolute atomic E-state index is 10.9. The first-order valence-electron chi connectivity index (χ1n) is 5.96. The predicted molar refractivity (Wildman–Crippen MR) is 71.0 cm³/mol. The Balaban J connectivity index is 2.45. The van der Waals surface area contributed by atoms with Crippen LogP contribution in [0.3, 0.4) is 0 Å². The SMILES string of the molecule is Cc1cccc(C2(O)CCCSC2C)c1C. The molecule has 16 heavy (non-hydrogen) atoms. The minimum atomic E-state index is -0.626. The molecule has 1 aromatic rings. The van der Waals surface area contributed by atoms with Crippen LogP contribution in [-0.4, -0.2) is 16.1 Å². The lowest BCUT2D eigenvalue weighted by molar-refractivity contribution is 0.0248. The number of aliphatic hydroxyl groups is 1. The molecule has 1 N–H and O–H groups in total. The summed E-state index contributed by atoms with van der Waals surface area (Å²) in [5.74, 6) is 1.17. The molecule has 1 aliphatic heterocycles. The first kappa shape index (κ1) is 12.0. The van der Waals surface area contributed by atoms with E-state index in [-0.39, 0.29) is 0 Å². The molecule has 1 saturated heterocycles. The molecule has 0 saturated carbocycles. The maximum atomic E-state index is 10.9. The third kappa shape index (κ3) is 1.89. The predicted octanol–water partition coefficient (Wildman–Crippen LogP) is 3.41. The number of hydrogen-bond acceptors (Lipinski definition) is 2. The average Bonchev–Trinajstić information content (AvgIpc) is 2.26. The summed E-state index contributed by atoms with van der Waals surface area (Å²) < 4.78 is 0. The van der Waals surface area contributed by atoms with Gasteiger partial charge in [-0.05, 0) is 49.1 Å². The Hall–Kier alpha value is -0.470. The van der Waals surface area contributed by atoms with Gasteiger partial charge in [-0.25, -0.2) is 0 Å². The highest BCUT2D eigenvalue weighted by Gasteiger charge is 2.39. The van der Waals surface area contributed by atoms with Gasteiger partial charge in [0.1, 0.15) is 5.60 Å². The van der Waals surface area contributed by atoms with Crippen molar-refractivity contribution in [3.05, 3.63) is 34.9 Å². The van der Waals surface area contributed by atoms with Crippen LogP contribution >= 0.6 is 11.8 Å². The lowest BCUT2D eigenvalue weighted by Crippen LogP contribution is -2.39. The Morgan fingerprint density at radius 1 is 1.38 bits per heavy atom. The standard InChI is InChI=1S/C14H20OS/c1-10-6-4-7-13(11(10)2)14(15)8-5-9-16-12(14)3/h4,6-7,12,15H,5,8-9H2,1-3H3. The molecule has 0 radical (unpaired) electrons. The van der Waals surface area contributed by atoms with Crippen molar-refractivity contribution < 1.29 is 5.11 Å². The van der Waals surface area contributed by atoms with Crippen LogP contribution in [0, 0.1) is 13.8 Å². The Kier molecular flexibility index (Phi) is 3.32. The van der Waals surface area contributed by atoms with Crippen molar-refractivity contribution in [2.45, 2.75) is 44.5 Å². The molecular formula is C14H20OS. The molecule has 0 amide bonds. The van der Waals surface area contributed by atoms with Crippen LogP contribution in [0.1, 0.15) is 36.5 Å². The summed E-state index contributed by atoms with van der Waals surface area (Å²) in [6.45, 7) is 6.38. The molecular weight excluding hydrogens is 216 g/mol. The molecule has 2 heteroatoms. The monoisotopic (exact) mass is 236 g/mol. The summed E-state index contributed by atoms with van der Waals surface area (Å²) >= 11 is 1.88. The van der Waals surface area contributed by atoms with E-state index in [1.807, 2.05) is 11.8 Å². The molecule has 2 atom stereocenters. The molecule has 0 spiro atoms. The van der Waals surface area contributed by atoms with Gasteiger partial charge in [0, 0.05) is 5.25 Å². The van der Waals surface area contributed by atoms with Crippen molar-refractivity contribution in [2.24, 2.45) is 0 Å². The van der Waals surface area contributed by atoms with Gasteiger partial charge in [0.05, 0.1) is 0 Å². The molecule has 1 aliphatic rings. The van der Waals surface area contributed by atoms with E-state index in [1.54, 1.807) is 0 Å². The van der Waals surface area contributed by atoms with Gasteiger partial charge in [-0.2, -0.15) is 11.8 Å². The number of thioether (sulfide) groups is 1. The van der Waals surface area contributed by atoms with Gasteiger partial charge in [0.15, 0.2) is 0 Å². The first-order chi connectivity index (χ1) is 7.55. The minimum absolute atomic E-state index is 0.293. The van der Waals surface area contributed by atoms with Crippen molar-refractivity contribution >= 4 is 11.8 Å². The largest absolute Gasteiger partial charge is 0.384 e. The molecule has 2 rings (SSSR count). The third-order valence-electron chi connectivity index (χ3n) is 3.81. The molecule has 1 aromatic carbocycles. The molecule has 1 fully saturated rings. The topological polar surface area (TPSA) is 20.2 Å². The van der Waals surface area contributed by atoms with E-state index in [0.717, 1.165) is 18.4 Å². The van der Waals surface area contributed by atoms with Gasteiger partial charge in [-0.3, -0.25) is 0 Å². The fraction of sp³-hybridized carbons (Fsp3) is 0.571. The van der Waals surface area contributed by atoms with Crippen LogP contribution in [0.25, 0.3) is 0 Å². The second kappa shape index (κ2) is 4.42. The van der Waals surface area contributed by atoms with E-state index in [0.29, 0.717) is 5.25 Å². The van der Waals surface area contributed by atoms with Gasteiger partial charge in [0.2, 0.25) is 0 Å². The van der Waals surface area contributed by atoms with Gasteiger partial charge in [-0.1, -0.05) is 25.1 Å². The number of aryl methyl sites for hydroxylation is 1. The zero-order valence-electron chi connectivity index (χ0n) is 10.3. The fourth-order valence-electron chi connectivity index (χ4n) is 2.52. The highest BCUT2D eigenvalue weighted by molar-refractivity contribution is 8.00. The fourth-order valence-corrected chi connectivity index (χ4v) is 3.70. The summed E-state index contributed by atoms with van der Waals surface area (Å²) in [6, 6.07) is 6.26. The maximum Gasteiger partial charge on any atom is 0.101 e. The Morgan fingerprint density at radius 3 is 2.81 bits per heavy atom. The van der Waals surface area contributed by atoms with Gasteiger partial charge >= 0.3 is 0 Å². The Bertz CT molecular complexity index is 388. The lowest BCUT2D eigenvalue weighted by atomic mass is 9.82. The summed E-state index contributed by atoms with van der Waals surface area (Å²) in [5.41, 5.74) is 3.03. The normalized spacial score (nSPS) is 30.4. The van der Waals surface area contributed by atoms with E-state index in [2.05, 4.69) is 39.0 Å². The van der Waals surface area contributed by atoms with Crippen LogP contribution in [0.4, 0.5) is 0 Å². The molecule has 1 nitrogen and oxygen atoms in total. The smallest absolute Gasteiger partial charge is 0.101 e. The lowest BCUT2D eigenvalue weighted by Gasteiger charge is -2.39. The van der Waals surface area contributed by atoms with E-state index >= 15 is 0 Å². The van der Waals surface area contributed by atoms with E-state index in [9.17, 15) is 5.11 Å². The molecule has 0 aliphatic carbocycles. The average molecular weight is 236 g/mol. The summed E-state index contributed by atoms with van der Waals surface area (Å²) in [6.07, 6.45) is 2.00. The van der Waals surface area contributed by atoms with E-state index < -0.39 is 5.60 Å². The summed E-state index contributed by atoms with van der Waals surface area (Å²) in [7, 11) is 0. The molecule has 88 valence electrons. The quantitative estimate of drug-likeness (QED) is 0.806. The first-order valence-corrected chi connectivity index (χ1v) is 7.01. The van der Waals surface area contributed by atoms with Crippen LogP contribution in [0.15, 0.2) is 18.2 Å². The van der Waals surface area contributed by atoms with Gasteiger partial charge < -0.3 is 5.11 Å². The van der Waals surface area contributed by atoms with Crippen molar-refractivity contribution in [1.29, 1.82) is 0 Å². The zero-order chi connectivity index (χ0) is 11.8. The Morgan fingerprint density at radius 2 is 2.12 bits per heavy atom. The van der Waals surface area contributed by atoms with Crippen LogP contribution in [0.2, 0.25) is 0 Å².